The van der Waals surface area contributed by atoms with Crippen LogP contribution in [-0.4, -0.2) is 29.2 Å². The summed E-state index contributed by atoms with van der Waals surface area (Å²) in [7, 11) is 0. The Morgan fingerprint density at radius 2 is 2.07 bits per heavy atom. The Morgan fingerprint density at radius 3 is 2.47 bits per heavy atom. The average Bonchev–Trinajstić information content (AvgIpc) is 2.15. The fraction of sp³-hybridized carbons (Fsp3) is 0.909. The number of amides is 1. The summed E-state index contributed by atoms with van der Waals surface area (Å²) >= 11 is 0. The molecule has 0 aliphatic heterocycles. The van der Waals surface area contributed by atoms with Gasteiger partial charge in [0.15, 0.2) is 0 Å². The van der Waals surface area contributed by atoms with Crippen LogP contribution in [0.5, 0.6) is 0 Å². The molecule has 0 saturated carbocycles. The maximum Gasteiger partial charge on any atom is 0.221 e. The van der Waals surface area contributed by atoms with Crippen molar-refractivity contribution in [3.05, 3.63) is 0 Å². The van der Waals surface area contributed by atoms with Gasteiger partial charge in [-0.1, -0.05) is 20.8 Å². The summed E-state index contributed by atoms with van der Waals surface area (Å²) in [6.45, 7) is 7.84. The van der Waals surface area contributed by atoms with E-state index in [0.717, 1.165) is 0 Å². The first-order valence-corrected chi connectivity index (χ1v) is 5.53. The zero-order chi connectivity index (χ0) is 12.1. The number of hydrogen-bond donors (Lipinski definition) is 3. The highest BCUT2D eigenvalue weighted by Crippen LogP contribution is 2.07. The van der Waals surface area contributed by atoms with Gasteiger partial charge in [-0.05, 0) is 19.3 Å². The first-order chi connectivity index (χ1) is 6.78. The lowest BCUT2D eigenvalue weighted by molar-refractivity contribution is -0.122. The van der Waals surface area contributed by atoms with Crippen molar-refractivity contribution in [3.63, 3.8) is 0 Å². The van der Waals surface area contributed by atoms with E-state index in [9.17, 15) is 9.90 Å². The number of rotatable bonds is 6. The van der Waals surface area contributed by atoms with Crippen LogP contribution in [0.1, 0.15) is 40.5 Å². The third-order valence-corrected chi connectivity index (χ3v) is 2.71. The second-order valence-corrected chi connectivity index (χ2v) is 4.74. The Labute approximate surface area is 92.2 Å². The first-order valence-electron chi connectivity index (χ1n) is 5.53. The predicted molar refractivity (Wildman–Crippen MR) is 61.4 cm³/mol. The normalized spacial score (nSPS) is 17.3. The van der Waals surface area contributed by atoms with Crippen LogP contribution in [0.3, 0.4) is 0 Å². The van der Waals surface area contributed by atoms with Gasteiger partial charge in [-0.3, -0.25) is 4.79 Å². The molecular weight excluding hydrogens is 192 g/mol. The van der Waals surface area contributed by atoms with Crippen molar-refractivity contribution >= 4 is 5.91 Å². The number of carbonyl (C=O) groups is 1. The Bertz CT molecular complexity index is 203. The summed E-state index contributed by atoms with van der Waals surface area (Å²) in [6, 6.07) is -0.114. The van der Waals surface area contributed by atoms with E-state index in [0.29, 0.717) is 18.8 Å². The molecule has 0 bridgehead atoms. The van der Waals surface area contributed by atoms with E-state index in [-0.39, 0.29) is 18.5 Å². The second-order valence-electron chi connectivity index (χ2n) is 4.74. The highest BCUT2D eigenvalue weighted by Gasteiger charge is 2.19. The number of aliphatic hydroxyl groups is 1. The van der Waals surface area contributed by atoms with Gasteiger partial charge < -0.3 is 16.2 Å². The number of hydrogen-bond acceptors (Lipinski definition) is 3. The molecule has 0 aromatic rings. The molecule has 0 rings (SSSR count). The van der Waals surface area contributed by atoms with Crippen molar-refractivity contribution in [1.82, 2.24) is 5.32 Å². The zero-order valence-electron chi connectivity index (χ0n) is 10.2. The molecule has 0 fully saturated rings. The number of carbonyl (C=O) groups excluding carboxylic acids is 1. The zero-order valence-corrected chi connectivity index (χ0v) is 10.2. The second kappa shape index (κ2) is 6.08. The van der Waals surface area contributed by atoms with Crippen molar-refractivity contribution < 1.29 is 9.90 Å². The third-order valence-electron chi connectivity index (χ3n) is 2.71. The summed E-state index contributed by atoms with van der Waals surface area (Å²) in [4.78, 5) is 11.4. The molecule has 4 heteroatoms. The van der Waals surface area contributed by atoms with Crippen LogP contribution < -0.4 is 11.1 Å². The van der Waals surface area contributed by atoms with Crippen LogP contribution in [0, 0.1) is 5.92 Å². The maximum absolute atomic E-state index is 11.4. The molecule has 0 aromatic heterocycles. The minimum atomic E-state index is -0.822. The van der Waals surface area contributed by atoms with Gasteiger partial charge in [0.05, 0.1) is 5.60 Å². The van der Waals surface area contributed by atoms with Crippen LogP contribution in [-0.2, 0) is 4.79 Å². The predicted octanol–water partition coefficient (Wildman–Crippen LogP) is 0.637. The van der Waals surface area contributed by atoms with E-state index in [2.05, 4.69) is 5.32 Å². The number of nitrogens with one attached hydrogen (secondary N) is 1. The Kier molecular flexibility index (Phi) is 5.83. The fourth-order valence-electron chi connectivity index (χ4n) is 0.936. The van der Waals surface area contributed by atoms with Gasteiger partial charge in [0, 0.05) is 19.0 Å². The highest BCUT2D eigenvalue weighted by molar-refractivity contribution is 5.76. The molecule has 2 unspecified atom stereocenters. The van der Waals surface area contributed by atoms with Gasteiger partial charge in [0.2, 0.25) is 5.91 Å². The molecular formula is C11H24N2O2. The molecule has 0 radical (unpaired) electrons. The van der Waals surface area contributed by atoms with Crippen molar-refractivity contribution in [2.75, 3.05) is 6.54 Å². The Morgan fingerprint density at radius 1 is 1.53 bits per heavy atom. The molecule has 4 nitrogen and oxygen atoms in total. The van der Waals surface area contributed by atoms with Crippen molar-refractivity contribution in [2.45, 2.75) is 52.2 Å². The van der Waals surface area contributed by atoms with Crippen molar-refractivity contribution in [3.8, 4) is 0 Å². The van der Waals surface area contributed by atoms with E-state index in [1.165, 1.54) is 0 Å². The van der Waals surface area contributed by atoms with E-state index in [4.69, 9.17) is 5.73 Å². The van der Waals surface area contributed by atoms with Crippen molar-refractivity contribution in [2.24, 2.45) is 11.7 Å². The van der Waals surface area contributed by atoms with Crippen LogP contribution in [0.15, 0.2) is 0 Å². The molecule has 2 atom stereocenters. The van der Waals surface area contributed by atoms with Gasteiger partial charge >= 0.3 is 0 Å². The lowest BCUT2D eigenvalue weighted by atomic mass is 10.0. The van der Waals surface area contributed by atoms with E-state index < -0.39 is 5.60 Å². The smallest absolute Gasteiger partial charge is 0.221 e. The van der Waals surface area contributed by atoms with Crippen LogP contribution >= 0.6 is 0 Å². The lowest BCUT2D eigenvalue weighted by Crippen LogP contribution is -2.42. The Balaban J connectivity index is 3.86. The topological polar surface area (TPSA) is 75.3 Å². The van der Waals surface area contributed by atoms with Gasteiger partial charge in [-0.15, -0.1) is 0 Å². The summed E-state index contributed by atoms with van der Waals surface area (Å²) < 4.78 is 0. The third kappa shape index (κ3) is 6.47. The van der Waals surface area contributed by atoms with Gasteiger partial charge in [0.25, 0.3) is 0 Å². The highest BCUT2D eigenvalue weighted by atomic mass is 16.3. The average molecular weight is 216 g/mol. The van der Waals surface area contributed by atoms with E-state index >= 15 is 0 Å². The summed E-state index contributed by atoms with van der Waals surface area (Å²) in [6.07, 6.45) is 0.932. The van der Waals surface area contributed by atoms with Crippen LogP contribution in [0.4, 0.5) is 0 Å². The van der Waals surface area contributed by atoms with E-state index in [1.54, 1.807) is 6.92 Å². The van der Waals surface area contributed by atoms with Gasteiger partial charge in [-0.2, -0.15) is 0 Å². The minimum Gasteiger partial charge on any atom is -0.388 e. The lowest BCUT2D eigenvalue weighted by Gasteiger charge is -2.22. The monoisotopic (exact) mass is 216 g/mol. The fourth-order valence-corrected chi connectivity index (χ4v) is 0.936. The van der Waals surface area contributed by atoms with E-state index in [1.807, 2.05) is 20.8 Å². The maximum atomic E-state index is 11.4. The van der Waals surface area contributed by atoms with Crippen LogP contribution in [0.25, 0.3) is 0 Å². The van der Waals surface area contributed by atoms with Crippen molar-refractivity contribution in [1.29, 1.82) is 0 Å². The summed E-state index contributed by atoms with van der Waals surface area (Å²) in [5.74, 6) is 0.201. The summed E-state index contributed by atoms with van der Waals surface area (Å²) in [5.41, 5.74) is 4.94. The molecule has 0 aliphatic carbocycles. The van der Waals surface area contributed by atoms with Crippen LogP contribution in [0.2, 0.25) is 0 Å². The molecule has 0 spiro atoms. The van der Waals surface area contributed by atoms with Gasteiger partial charge in [0.1, 0.15) is 0 Å². The largest absolute Gasteiger partial charge is 0.388 e. The SMILES string of the molecule is CCC(C)(O)CNC(=O)CC(N)C(C)C. The molecule has 1 amide bonds. The molecule has 0 aliphatic rings. The number of nitrogens with two attached hydrogens (primary N) is 1. The quantitative estimate of drug-likeness (QED) is 0.610. The molecule has 4 N–H and O–H groups in total. The molecule has 0 saturated heterocycles. The molecule has 15 heavy (non-hydrogen) atoms. The van der Waals surface area contributed by atoms with Gasteiger partial charge in [-0.25, -0.2) is 0 Å². The first kappa shape index (κ1) is 14.4. The molecule has 0 aromatic carbocycles. The minimum absolute atomic E-state index is 0.0927. The molecule has 90 valence electrons. The molecule has 0 heterocycles. The Hall–Kier alpha value is -0.610. The standard InChI is InChI=1S/C11H24N2O2/c1-5-11(4,15)7-13-10(14)6-9(12)8(2)3/h8-9,15H,5-7,12H2,1-4H3,(H,13,14). The summed E-state index contributed by atoms with van der Waals surface area (Å²) in [5, 5.41) is 12.4.